The number of carbonyl (C=O) groups excluding carboxylic acids is 1. The summed E-state index contributed by atoms with van der Waals surface area (Å²) in [5.41, 5.74) is 1.20. The average Bonchev–Trinajstić information content (AvgIpc) is 3.20. The van der Waals surface area contributed by atoms with E-state index in [2.05, 4.69) is 17.4 Å². The van der Waals surface area contributed by atoms with Crippen LogP contribution in [0.3, 0.4) is 0 Å². The fourth-order valence-corrected chi connectivity index (χ4v) is 2.82. The van der Waals surface area contributed by atoms with Gasteiger partial charge in [-0.05, 0) is 30.7 Å². The number of carbonyl (C=O) groups is 1. The van der Waals surface area contributed by atoms with Gasteiger partial charge in [0.1, 0.15) is 9.84 Å². The molecule has 1 saturated carbocycles. The number of hydrogen-bond donors (Lipinski definition) is 1. The molecule has 1 N–H and O–H groups in total. The minimum Gasteiger partial charge on any atom is -0.353 e. The molecule has 4 nitrogen and oxygen atoms in total. The van der Waals surface area contributed by atoms with Gasteiger partial charge in [0.25, 0.3) is 0 Å². The molecule has 1 aromatic rings. The van der Waals surface area contributed by atoms with Crippen LogP contribution in [-0.2, 0) is 21.1 Å². The zero-order valence-electron chi connectivity index (χ0n) is 11.7. The molecule has 1 atom stereocenters. The van der Waals surface area contributed by atoms with Crippen LogP contribution in [0, 0.1) is 5.92 Å². The zero-order valence-corrected chi connectivity index (χ0v) is 12.5. The van der Waals surface area contributed by atoms with Crippen LogP contribution in [0.4, 0.5) is 0 Å². The molecule has 1 amide bonds. The monoisotopic (exact) mass is 295 g/mol. The molecule has 1 aliphatic carbocycles. The highest BCUT2D eigenvalue weighted by molar-refractivity contribution is 7.90. The molecular weight excluding hydrogens is 274 g/mol. The molecule has 20 heavy (non-hydrogen) atoms. The standard InChI is InChI=1S/C15H21NO3S/c1-20(18,19)10-9-15(17)16-14(13-7-8-13)11-12-5-3-2-4-6-12/h2-6,13-14H,7-11H2,1H3,(H,16,17). The van der Waals surface area contributed by atoms with Gasteiger partial charge in [0.05, 0.1) is 5.75 Å². The molecule has 2 rings (SSSR count). The fourth-order valence-electron chi connectivity index (χ4n) is 2.26. The first-order chi connectivity index (χ1) is 9.44. The Labute approximate surface area is 120 Å². The Balaban J connectivity index is 1.88. The minimum absolute atomic E-state index is 0.0524. The molecule has 0 aliphatic heterocycles. The maximum absolute atomic E-state index is 11.8. The lowest BCUT2D eigenvalue weighted by atomic mass is 10.0. The lowest BCUT2D eigenvalue weighted by molar-refractivity contribution is -0.121. The molecular formula is C15H21NO3S. The number of benzene rings is 1. The van der Waals surface area contributed by atoms with E-state index in [-0.39, 0.29) is 24.1 Å². The van der Waals surface area contributed by atoms with E-state index < -0.39 is 9.84 Å². The summed E-state index contributed by atoms with van der Waals surface area (Å²) in [6.07, 6.45) is 4.31. The molecule has 1 unspecified atom stereocenters. The van der Waals surface area contributed by atoms with Crippen molar-refractivity contribution < 1.29 is 13.2 Å². The average molecular weight is 295 g/mol. The number of sulfone groups is 1. The highest BCUT2D eigenvalue weighted by Crippen LogP contribution is 2.34. The van der Waals surface area contributed by atoms with E-state index in [4.69, 9.17) is 0 Å². The summed E-state index contributed by atoms with van der Waals surface area (Å²) in [5, 5.41) is 3.00. The molecule has 110 valence electrons. The normalized spacial score (nSPS) is 16.6. The molecule has 0 spiro atoms. The lowest BCUT2D eigenvalue weighted by Crippen LogP contribution is -2.38. The maximum Gasteiger partial charge on any atom is 0.221 e. The van der Waals surface area contributed by atoms with E-state index in [0.29, 0.717) is 5.92 Å². The van der Waals surface area contributed by atoms with Gasteiger partial charge in [-0.25, -0.2) is 8.42 Å². The van der Waals surface area contributed by atoms with Gasteiger partial charge in [-0.1, -0.05) is 30.3 Å². The van der Waals surface area contributed by atoms with Crippen molar-refractivity contribution in [2.24, 2.45) is 5.92 Å². The van der Waals surface area contributed by atoms with Crippen LogP contribution in [0.1, 0.15) is 24.8 Å². The topological polar surface area (TPSA) is 63.2 Å². The Morgan fingerprint density at radius 3 is 2.50 bits per heavy atom. The second-order valence-electron chi connectivity index (χ2n) is 5.58. The predicted octanol–water partition coefficient (Wildman–Crippen LogP) is 1.56. The van der Waals surface area contributed by atoms with Crippen molar-refractivity contribution in [2.45, 2.75) is 31.7 Å². The first-order valence-electron chi connectivity index (χ1n) is 6.95. The van der Waals surface area contributed by atoms with Crippen molar-refractivity contribution in [1.82, 2.24) is 5.32 Å². The smallest absolute Gasteiger partial charge is 0.221 e. The van der Waals surface area contributed by atoms with Gasteiger partial charge in [0.2, 0.25) is 5.91 Å². The number of nitrogens with one attached hydrogen (secondary N) is 1. The van der Waals surface area contributed by atoms with Gasteiger partial charge >= 0.3 is 0 Å². The number of rotatable bonds is 7. The van der Waals surface area contributed by atoms with E-state index in [0.717, 1.165) is 25.5 Å². The molecule has 5 heteroatoms. The van der Waals surface area contributed by atoms with Crippen LogP contribution in [0.2, 0.25) is 0 Å². The summed E-state index contributed by atoms with van der Waals surface area (Å²) in [6, 6.07) is 10.2. The van der Waals surface area contributed by atoms with Crippen molar-refractivity contribution in [3.8, 4) is 0 Å². The van der Waals surface area contributed by atoms with Crippen LogP contribution in [0.15, 0.2) is 30.3 Å². The van der Waals surface area contributed by atoms with Crippen molar-refractivity contribution in [3.63, 3.8) is 0 Å². The first-order valence-corrected chi connectivity index (χ1v) is 9.01. The quantitative estimate of drug-likeness (QED) is 0.830. The van der Waals surface area contributed by atoms with Crippen LogP contribution < -0.4 is 5.32 Å². The van der Waals surface area contributed by atoms with E-state index in [1.54, 1.807) is 0 Å². The third-order valence-corrected chi connectivity index (χ3v) is 4.48. The SMILES string of the molecule is CS(=O)(=O)CCC(=O)NC(Cc1ccccc1)C1CC1. The third-order valence-electron chi connectivity index (χ3n) is 3.54. The summed E-state index contributed by atoms with van der Waals surface area (Å²) in [6.45, 7) is 0. The van der Waals surface area contributed by atoms with Gasteiger partial charge in [0.15, 0.2) is 0 Å². The molecule has 0 bridgehead atoms. The van der Waals surface area contributed by atoms with E-state index in [1.165, 1.54) is 5.56 Å². The Kier molecular flexibility index (Phi) is 4.81. The maximum atomic E-state index is 11.8. The summed E-state index contributed by atoms with van der Waals surface area (Å²) in [5.74, 6) is 0.294. The van der Waals surface area contributed by atoms with E-state index in [1.807, 2.05) is 18.2 Å². The Morgan fingerprint density at radius 2 is 1.95 bits per heavy atom. The summed E-state index contributed by atoms with van der Waals surface area (Å²) in [4.78, 5) is 11.8. The highest BCUT2D eigenvalue weighted by atomic mass is 32.2. The minimum atomic E-state index is -3.08. The zero-order chi connectivity index (χ0) is 14.6. The predicted molar refractivity (Wildman–Crippen MR) is 79.1 cm³/mol. The van der Waals surface area contributed by atoms with E-state index >= 15 is 0 Å². The summed E-state index contributed by atoms with van der Waals surface area (Å²) >= 11 is 0. The van der Waals surface area contributed by atoms with Gasteiger partial charge in [0, 0.05) is 18.7 Å². The van der Waals surface area contributed by atoms with Crippen LogP contribution >= 0.6 is 0 Å². The third kappa shape index (κ3) is 5.33. The highest BCUT2D eigenvalue weighted by Gasteiger charge is 2.32. The first kappa shape index (κ1) is 15.0. The molecule has 0 radical (unpaired) electrons. The molecule has 1 aliphatic rings. The largest absolute Gasteiger partial charge is 0.353 e. The Bertz CT molecular complexity index is 550. The van der Waals surface area contributed by atoms with Crippen molar-refractivity contribution in [3.05, 3.63) is 35.9 Å². The van der Waals surface area contributed by atoms with Crippen LogP contribution in [0.25, 0.3) is 0 Å². The molecule has 0 saturated heterocycles. The van der Waals surface area contributed by atoms with Crippen molar-refractivity contribution in [2.75, 3.05) is 12.0 Å². The Morgan fingerprint density at radius 1 is 1.30 bits per heavy atom. The van der Waals surface area contributed by atoms with Crippen molar-refractivity contribution in [1.29, 1.82) is 0 Å². The van der Waals surface area contributed by atoms with Gasteiger partial charge in [-0.15, -0.1) is 0 Å². The lowest BCUT2D eigenvalue weighted by Gasteiger charge is -2.18. The fraction of sp³-hybridized carbons (Fsp3) is 0.533. The van der Waals surface area contributed by atoms with Crippen molar-refractivity contribution >= 4 is 15.7 Å². The second-order valence-corrected chi connectivity index (χ2v) is 7.84. The van der Waals surface area contributed by atoms with Crippen LogP contribution in [-0.4, -0.2) is 32.4 Å². The molecule has 1 aromatic carbocycles. The van der Waals surface area contributed by atoms with Gasteiger partial charge in [-0.2, -0.15) is 0 Å². The van der Waals surface area contributed by atoms with Crippen LogP contribution in [0.5, 0.6) is 0 Å². The Hall–Kier alpha value is -1.36. The van der Waals surface area contributed by atoms with E-state index in [9.17, 15) is 13.2 Å². The second kappa shape index (κ2) is 6.39. The molecule has 0 heterocycles. The summed E-state index contributed by atoms with van der Waals surface area (Å²) in [7, 11) is -3.08. The molecule has 1 fully saturated rings. The molecule has 0 aromatic heterocycles. The number of amides is 1. The number of hydrogen-bond acceptors (Lipinski definition) is 3. The van der Waals surface area contributed by atoms with Gasteiger partial charge < -0.3 is 5.32 Å². The summed E-state index contributed by atoms with van der Waals surface area (Å²) < 4.78 is 22.2. The van der Waals surface area contributed by atoms with Gasteiger partial charge in [-0.3, -0.25) is 4.79 Å².